The van der Waals surface area contributed by atoms with Crippen LogP contribution in [0, 0.1) is 12.8 Å². The van der Waals surface area contributed by atoms with Gasteiger partial charge in [0.25, 0.3) is 5.56 Å². The van der Waals surface area contributed by atoms with Crippen LogP contribution in [-0.4, -0.2) is 129 Å². The number of anilines is 1. The normalized spacial score (nSPS) is 19.1. The van der Waals surface area contributed by atoms with E-state index in [1.54, 1.807) is 0 Å². The number of nitrogens with two attached hydrogens (primary N) is 1. The van der Waals surface area contributed by atoms with E-state index in [4.69, 9.17) is 44.4 Å². The summed E-state index contributed by atoms with van der Waals surface area (Å²) in [6.45, 7) is 5.10. The number of rotatable bonds is 23. The zero-order valence-electron chi connectivity index (χ0n) is 36.6. The molecule has 0 bridgehead atoms. The molecule has 2 saturated heterocycles. The van der Waals surface area contributed by atoms with Gasteiger partial charge in [0.05, 0.1) is 36.7 Å². The summed E-state index contributed by atoms with van der Waals surface area (Å²) in [5.74, 6) is 0.473. The van der Waals surface area contributed by atoms with Gasteiger partial charge in [-0.15, -0.1) is 0 Å². The lowest BCUT2D eigenvalue weighted by molar-refractivity contribution is -0.0415. The van der Waals surface area contributed by atoms with Gasteiger partial charge in [-0.05, 0) is 54.6 Å². The minimum absolute atomic E-state index is 0.0175. The maximum absolute atomic E-state index is 14.1. The number of azide groups is 1. The summed E-state index contributed by atoms with van der Waals surface area (Å²) in [4.78, 5) is 68.1. The van der Waals surface area contributed by atoms with Crippen LogP contribution in [0.2, 0.25) is 0 Å². The lowest BCUT2D eigenvalue weighted by atomic mass is 10.0. The molecule has 0 unspecified atom stereocenters. The zero-order chi connectivity index (χ0) is 47.6. The quantitative estimate of drug-likeness (QED) is 0.0166. The third-order valence-electron chi connectivity index (χ3n) is 10.0. The van der Waals surface area contributed by atoms with E-state index in [2.05, 4.69) is 20.3 Å². The highest BCUT2D eigenvalue weighted by Gasteiger charge is 2.38. The lowest BCUT2D eigenvalue weighted by Crippen LogP contribution is -2.53. The number of hydrogen-bond acceptors (Lipinski definition) is 18. The standard InChI is InChI=1S/C41H54N8O14S3/c1-26(2)21-48(66(55,56)31-11-9-29(42)10-12-31)23-34(32(19-28-7-5-4-6-8-28)44-39(52)61-30-13-14-57-24-30)63-41(54)59-16-18-65-64-17-15-58-40(53)60-25-35-33(46-47-43)20-36(62-35)49-22-27(3)37(50)45-38(49)51/h4-12,22,26,30,32-36H,13-21,23-25,42H2,1-3H3,(H,44,52)(H,45,50,51)/t30-,32-,33-,34+,35+,36+/m0/s1. The van der Waals surface area contributed by atoms with Crippen LogP contribution in [-0.2, 0) is 49.6 Å². The molecule has 0 spiro atoms. The first kappa shape index (κ1) is 51.6. The molecular weight excluding hydrogens is 925 g/mol. The summed E-state index contributed by atoms with van der Waals surface area (Å²) >= 11 is 0. The first-order chi connectivity index (χ1) is 31.6. The van der Waals surface area contributed by atoms with Crippen LogP contribution in [0.1, 0.15) is 44.0 Å². The number of carbonyl (C=O) groups excluding carboxylic acids is 3. The minimum atomic E-state index is -4.16. The molecule has 3 aromatic rings. The maximum atomic E-state index is 14.1. The van der Waals surface area contributed by atoms with Crippen molar-refractivity contribution in [3.05, 3.63) is 103 Å². The van der Waals surface area contributed by atoms with Crippen LogP contribution in [0.3, 0.4) is 0 Å². The van der Waals surface area contributed by atoms with Crippen molar-refractivity contribution < 1.29 is 56.0 Å². The molecule has 0 aliphatic carbocycles. The number of H-pyrrole nitrogens is 1. The third-order valence-corrected chi connectivity index (χ3v) is 14.2. The topological polar surface area (TPSA) is 295 Å². The van der Waals surface area contributed by atoms with Crippen LogP contribution in [0.25, 0.3) is 10.4 Å². The fourth-order valence-electron chi connectivity index (χ4n) is 6.81. The Labute approximate surface area is 388 Å². The number of benzene rings is 2. The summed E-state index contributed by atoms with van der Waals surface area (Å²) in [5, 5.41) is 6.51. The number of nitrogen functional groups attached to an aromatic ring is 1. The maximum Gasteiger partial charge on any atom is 0.508 e. The number of sulfonamides is 1. The highest BCUT2D eigenvalue weighted by Crippen LogP contribution is 2.31. The number of carbonyl (C=O) groups is 3. The van der Waals surface area contributed by atoms with Gasteiger partial charge in [0.1, 0.15) is 44.4 Å². The second kappa shape index (κ2) is 25.5. The van der Waals surface area contributed by atoms with E-state index in [1.165, 1.54) is 67.8 Å². The fourth-order valence-corrected chi connectivity index (χ4v) is 10.1. The monoisotopic (exact) mass is 978 g/mol. The average molecular weight is 979 g/mol. The Hall–Kier alpha value is -5.43. The predicted molar refractivity (Wildman–Crippen MR) is 243 cm³/mol. The van der Waals surface area contributed by atoms with E-state index < -0.39 is 76.3 Å². The van der Waals surface area contributed by atoms with E-state index in [0.717, 1.165) is 5.56 Å². The van der Waals surface area contributed by atoms with E-state index in [-0.39, 0.29) is 68.7 Å². The molecule has 1 amide bonds. The first-order valence-electron chi connectivity index (χ1n) is 21.0. The smallest absolute Gasteiger partial charge is 0.444 e. The number of nitrogens with zero attached hydrogens (tertiary/aromatic N) is 5. The Morgan fingerprint density at radius 1 is 1.03 bits per heavy atom. The van der Waals surface area contributed by atoms with Crippen molar-refractivity contribution in [1.82, 2.24) is 19.2 Å². The van der Waals surface area contributed by atoms with Gasteiger partial charge in [-0.2, -0.15) is 4.31 Å². The summed E-state index contributed by atoms with van der Waals surface area (Å²) < 4.78 is 69.0. The Morgan fingerprint density at radius 2 is 1.73 bits per heavy atom. The molecular formula is C41H54N8O14S3. The van der Waals surface area contributed by atoms with Crippen LogP contribution in [0.5, 0.6) is 0 Å². The zero-order valence-corrected chi connectivity index (χ0v) is 39.0. The largest absolute Gasteiger partial charge is 0.508 e. The molecule has 2 aliphatic rings. The molecule has 22 nitrogen and oxygen atoms in total. The number of nitrogens with one attached hydrogen (secondary N) is 2. The second-order valence-electron chi connectivity index (χ2n) is 15.5. The van der Waals surface area contributed by atoms with Gasteiger partial charge in [0.2, 0.25) is 10.0 Å². The highest BCUT2D eigenvalue weighted by atomic mass is 33.1. The van der Waals surface area contributed by atoms with Gasteiger partial charge in [-0.1, -0.05) is 70.9 Å². The number of aromatic amines is 1. The minimum Gasteiger partial charge on any atom is -0.444 e. The molecule has 25 heteroatoms. The predicted octanol–water partition coefficient (Wildman–Crippen LogP) is 4.92. The number of alkyl carbamates (subject to hydrolysis) is 1. The Kier molecular flexibility index (Phi) is 19.9. The molecule has 6 atom stereocenters. The van der Waals surface area contributed by atoms with Gasteiger partial charge in [0.15, 0.2) is 0 Å². The SMILES string of the molecule is Cc1cn([C@H]2C[C@H](N=[N+]=[N-])[C@@H](COC(=O)OCCSSCCOC(=O)O[C@H](CN(CC(C)C)S(=O)(=O)c3ccc(N)cc3)[C@H](Cc3ccccc3)NC(=O)O[C@H]3CCOC3)O2)c(=O)[nH]c1=O. The van der Waals surface area contributed by atoms with Gasteiger partial charge >= 0.3 is 24.1 Å². The Balaban J connectivity index is 1.13. The van der Waals surface area contributed by atoms with Crippen molar-refractivity contribution in [3.63, 3.8) is 0 Å². The first-order valence-corrected chi connectivity index (χ1v) is 24.9. The number of hydrogen-bond donors (Lipinski definition) is 3. The van der Waals surface area contributed by atoms with Crippen LogP contribution >= 0.6 is 21.6 Å². The van der Waals surface area contributed by atoms with E-state index in [9.17, 15) is 32.4 Å². The van der Waals surface area contributed by atoms with E-state index >= 15 is 0 Å². The molecule has 2 aliphatic heterocycles. The summed E-state index contributed by atoms with van der Waals surface area (Å²) in [6.07, 6.45) is -4.30. The fraction of sp³-hybridized carbons (Fsp3) is 0.537. The van der Waals surface area contributed by atoms with Crippen molar-refractivity contribution in [1.29, 1.82) is 0 Å². The van der Waals surface area contributed by atoms with Crippen LogP contribution < -0.4 is 22.3 Å². The molecule has 0 radical (unpaired) electrons. The van der Waals surface area contributed by atoms with Crippen molar-refractivity contribution in [2.75, 3.05) is 63.4 Å². The molecule has 4 N–H and O–H groups in total. The van der Waals surface area contributed by atoms with Gasteiger partial charge in [-0.25, -0.2) is 27.6 Å². The van der Waals surface area contributed by atoms with Crippen LogP contribution in [0.15, 0.2) is 80.4 Å². The van der Waals surface area contributed by atoms with Gasteiger partial charge in [0, 0.05) is 53.3 Å². The third kappa shape index (κ3) is 15.9. The Morgan fingerprint density at radius 3 is 2.38 bits per heavy atom. The van der Waals surface area contributed by atoms with Crippen LogP contribution in [0.4, 0.5) is 20.1 Å². The number of amides is 1. The molecule has 1 aromatic heterocycles. The Bertz CT molecular complexity index is 2340. The van der Waals surface area contributed by atoms with Crippen molar-refractivity contribution in [3.8, 4) is 0 Å². The van der Waals surface area contributed by atoms with E-state index in [1.807, 2.05) is 44.2 Å². The average Bonchev–Trinajstić information content (AvgIpc) is 3.94. The van der Waals surface area contributed by atoms with Gasteiger partial charge in [-0.3, -0.25) is 14.3 Å². The number of aryl methyl sites for hydroxylation is 1. The van der Waals surface area contributed by atoms with Crippen molar-refractivity contribution >= 4 is 55.7 Å². The molecule has 66 heavy (non-hydrogen) atoms. The van der Waals surface area contributed by atoms with Crippen molar-refractivity contribution in [2.24, 2.45) is 11.0 Å². The van der Waals surface area contributed by atoms with Gasteiger partial charge < -0.3 is 44.2 Å². The molecule has 5 rings (SSSR count). The molecule has 360 valence electrons. The highest BCUT2D eigenvalue weighted by molar-refractivity contribution is 8.76. The number of aromatic nitrogens is 2. The summed E-state index contributed by atoms with van der Waals surface area (Å²) in [6, 6.07) is 13.1. The second-order valence-corrected chi connectivity index (χ2v) is 20.2. The molecule has 2 fully saturated rings. The summed E-state index contributed by atoms with van der Waals surface area (Å²) in [5.41, 5.74) is 15.0. The number of ether oxygens (including phenoxy) is 7. The molecule has 0 saturated carbocycles. The summed E-state index contributed by atoms with van der Waals surface area (Å²) in [7, 11) is -1.53. The molecule has 2 aromatic carbocycles. The van der Waals surface area contributed by atoms with E-state index in [0.29, 0.717) is 30.2 Å². The lowest BCUT2D eigenvalue weighted by Gasteiger charge is -2.33. The molecule has 3 heterocycles. The van der Waals surface area contributed by atoms with Crippen molar-refractivity contribution in [2.45, 2.75) is 81.6 Å².